The number of phenolic OH excluding ortho intramolecular Hbond substituents is 1. The highest BCUT2D eigenvalue weighted by Crippen LogP contribution is 2.37. The highest BCUT2D eigenvalue weighted by atomic mass is 35.5. The van der Waals surface area contributed by atoms with Crippen LogP contribution in [0.1, 0.15) is 63.0 Å². The molecule has 34 heavy (non-hydrogen) atoms. The number of aromatic hydroxyl groups is 1. The Hall–Kier alpha value is -1.60. The standard InChI is InChI=1S/C27H39ClN2O4/c1-3-4-8-19-15-25(31)34-27-21(19)16-23(28)26(32)22(27)18-29(13-14-33-2)17-20-9-7-12-30-11-6-5-10-24(20)30/h15-16,20,24,32H,3-14,17-18H2,1-2H3/t20-,24+/m0/s1. The lowest BCUT2D eigenvalue weighted by atomic mass is 9.83. The van der Waals surface area contributed by atoms with Gasteiger partial charge in [-0.2, -0.15) is 0 Å². The molecular formula is C27H39ClN2O4. The first-order valence-corrected chi connectivity index (χ1v) is 13.3. The van der Waals surface area contributed by atoms with Gasteiger partial charge in [-0.1, -0.05) is 31.4 Å². The van der Waals surface area contributed by atoms with E-state index >= 15 is 0 Å². The molecule has 2 aliphatic heterocycles. The Balaban J connectivity index is 1.66. The van der Waals surface area contributed by atoms with Crippen molar-refractivity contribution >= 4 is 22.6 Å². The molecule has 2 atom stereocenters. The normalized spacial score (nSPS) is 21.3. The fourth-order valence-corrected chi connectivity index (χ4v) is 6.12. The van der Waals surface area contributed by atoms with Crippen molar-refractivity contribution in [3.63, 3.8) is 0 Å². The summed E-state index contributed by atoms with van der Waals surface area (Å²) in [4.78, 5) is 17.4. The molecule has 0 bridgehead atoms. The molecule has 0 radical (unpaired) electrons. The molecule has 188 valence electrons. The van der Waals surface area contributed by atoms with Gasteiger partial charge >= 0.3 is 5.63 Å². The molecule has 0 aliphatic carbocycles. The van der Waals surface area contributed by atoms with Crippen molar-refractivity contribution in [3.8, 4) is 5.75 Å². The molecule has 0 amide bonds. The minimum Gasteiger partial charge on any atom is -0.506 e. The zero-order chi connectivity index (χ0) is 24.1. The molecule has 7 heteroatoms. The fraction of sp³-hybridized carbons (Fsp3) is 0.667. The van der Waals surface area contributed by atoms with Crippen LogP contribution in [0.4, 0.5) is 0 Å². The predicted octanol–water partition coefficient (Wildman–Crippen LogP) is 5.21. The van der Waals surface area contributed by atoms with Crippen LogP contribution in [0.5, 0.6) is 5.75 Å². The van der Waals surface area contributed by atoms with Crippen molar-refractivity contribution in [2.45, 2.75) is 70.9 Å². The van der Waals surface area contributed by atoms with Gasteiger partial charge < -0.3 is 19.2 Å². The van der Waals surface area contributed by atoms with Gasteiger partial charge in [0.1, 0.15) is 11.3 Å². The van der Waals surface area contributed by atoms with E-state index in [1.165, 1.54) is 45.2 Å². The van der Waals surface area contributed by atoms with Crippen LogP contribution in [0.2, 0.25) is 5.02 Å². The number of nitrogens with zero attached hydrogens (tertiary/aromatic N) is 2. The Morgan fingerprint density at radius 2 is 2.06 bits per heavy atom. The third kappa shape index (κ3) is 5.78. The van der Waals surface area contributed by atoms with Gasteiger partial charge in [-0.3, -0.25) is 4.90 Å². The average molecular weight is 491 g/mol. The number of methoxy groups -OCH3 is 1. The van der Waals surface area contributed by atoms with Gasteiger partial charge in [0, 0.05) is 44.2 Å². The summed E-state index contributed by atoms with van der Waals surface area (Å²) in [6.07, 6.45) is 9.13. The lowest BCUT2D eigenvalue weighted by Crippen LogP contribution is -2.51. The monoisotopic (exact) mass is 490 g/mol. The second-order valence-electron chi connectivity index (χ2n) is 9.99. The molecule has 2 saturated heterocycles. The largest absolute Gasteiger partial charge is 0.506 e. The smallest absolute Gasteiger partial charge is 0.336 e. The van der Waals surface area contributed by atoms with E-state index in [1.54, 1.807) is 19.2 Å². The van der Waals surface area contributed by atoms with Crippen LogP contribution < -0.4 is 5.63 Å². The minimum absolute atomic E-state index is 0.00955. The molecule has 1 aromatic heterocycles. The summed E-state index contributed by atoms with van der Waals surface area (Å²) in [5.74, 6) is 0.598. The summed E-state index contributed by atoms with van der Waals surface area (Å²) in [5, 5.41) is 12.1. The van der Waals surface area contributed by atoms with E-state index in [0.717, 1.165) is 43.3 Å². The molecule has 0 unspecified atom stereocenters. The van der Waals surface area contributed by atoms with E-state index in [9.17, 15) is 9.90 Å². The third-order valence-corrected chi connectivity index (χ3v) is 7.95. The van der Waals surface area contributed by atoms with Gasteiger partial charge in [0.05, 0.1) is 17.2 Å². The van der Waals surface area contributed by atoms with Crippen molar-refractivity contribution in [3.05, 3.63) is 38.7 Å². The molecule has 2 fully saturated rings. The summed E-state index contributed by atoms with van der Waals surface area (Å²) < 4.78 is 11.1. The number of halogens is 1. The SMILES string of the molecule is CCCCc1cc(=O)oc2c(CN(CCOC)C[C@@H]3CCCN4CCCC[C@H]34)c(O)c(Cl)cc12. The first-order chi connectivity index (χ1) is 16.5. The number of piperidine rings is 2. The summed E-state index contributed by atoms with van der Waals surface area (Å²) in [5.41, 5.74) is 1.62. The van der Waals surface area contributed by atoms with E-state index in [1.807, 2.05) is 0 Å². The predicted molar refractivity (Wildman–Crippen MR) is 137 cm³/mol. The average Bonchev–Trinajstić information content (AvgIpc) is 2.84. The van der Waals surface area contributed by atoms with Crippen LogP contribution in [0.15, 0.2) is 21.3 Å². The second kappa shape index (κ2) is 11.9. The van der Waals surface area contributed by atoms with Gasteiger partial charge in [-0.05, 0) is 69.2 Å². The molecule has 0 spiro atoms. The molecule has 3 heterocycles. The number of unbranched alkanes of at least 4 members (excludes halogenated alkanes) is 1. The maximum absolute atomic E-state index is 12.4. The fourth-order valence-electron chi connectivity index (χ4n) is 5.90. The Bertz CT molecular complexity index is 1020. The zero-order valence-electron chi connectivity index (χ0n) is 20.7. The number of fused-ring (bicyclic) bond motifs is 2. The van der Waals surface area contributed by atoms with E-state index in [2.05, 4.69) is 16.7 Å². The van der Waals surface area contributed by atoms with Gasteiger partial charge in [-0.25, -0.2) is 4.79 Å². The van der Waals surface area contributed by atoms with E-state index in [4.69, 9.17) is 20.8 Å². The highest BCUT2D eigenvalue weighted by molar-refractivity contribution is 6.33. The van der Waals surface area contributed by atoms with E-state index in [0.29, 0.717) is 41.3 Å². The first-order valence-electron chi connectivity index (χ1n) is 12.9. The van der Waals surface area contributed by atoms with Gasteiger partial charge in [0.2, 0.25) is 0 Å². The molecule has 6 nitrogen and oxygen atoms in total. The number of hydrogen-bond donors (Lipinski definition) is 1. The Morgan fingerprint density at radius 3 is 2.85 bits per heavy atom. The molecule has 1 N–H and O–H groups in total. The molecule has 2 aliphatic rings. The van der Waals surface area contributed by atoms with Crippen LogP contribution in [0, 0.1) is 5.92 Å². The zero-order valence-corrected chi connectivity index (χ0v) is 21.4. The lowest BCUT2D eigenvalue weighted by Gasteiger charge is -2.45. The first kappa shape index (κ1) is 25.5. The summed E-state index contributed by atoms with van der Waals surface area (Å²) in [6.45, 7) is 7.30. The van der Waals surface area contributed by atoms with Crippen LogP contribution in [0.3, 0.4) is 0 Å². The molecule has 4 rings (SSSR count). The van der Waals surface area contributed by atoms with Gasteiger partial charge in [-0.15, -0.1) is 0 Å². The maximum Gasteiger partial charge on any atom is 0.336 e. The third-order valence-electron chi connectivity index (χ3n) is 7.66. The van der Waals surface area contributed by atoms with Crippen molar-refractivity contribution in [1.29, 1.82) is 0 Å². The lowest BCUT2D eigenvalue weighted by molar-refractivity contribution is 0.0335. The number of phenols is 1. The number of hydrogen-bond acceptors (Lipinski definition) is 6. The highest BCUT2D eigenvalue weighted by Gasteiger charge is 2.34. The number of ether oxygens (including phenoxy) is 1. The molecule has 1 aromatic carbocycles. The number of benzene rings is 1. The topological polar surface area (TPSA) is 66.2 Å². The van der Waals surface area contributed by atoms with Gasteiger partial charge in [0.25, 0.3) is 0 Å². The molecule has 0 saturated carbocycles. The van der Waals surface area contributed by atoms with Crippen molar-refractivity contribution in [2.75, 3.05) is 39.9 Å². The molecule has 2 aromatic rings. The summed E-state index contributed by atoms with van der Waals surface area (Å²) in [6, 6.07) is 3.94. The van der Waals surface area contributed by atoms with E-state index in [-0.39, 0.29) is 11.4 Å². The number of rotatable bonds is 10. The Labute approximate surface area is 207 Å². The van der Waals surface area contributed by atoms with E-state index < -0.39 is 0 Å². The summed E-state index contributed by atoms with van der Waals surface area (Å²) >= 11 is 6.49. The van der Waals surface area contributed by atoms with Gasteiger partial charge in [0.15, 0.2) is 0 Å². The van der Waals surface area contributed by atoms with Crippen LogP contribution in [-0.2, 0) is 17.7 Å². The van der Waals surface area contributed by atoms with Crippen molar-refractivity contribution in [2.24, 2.45) is 5.92 Å². The van der Waals surface area contributed by atoms with Crippen molar-refractivity contribution < 1.29 is 14.3 Å². The quantitative estimate of drug-likeness (QED) is 0.461. The van der Waals surface area contributed by atoms with Crippen LogP contribution >= 0.6 is 11.6 Å². The maximum atomic E-state index is 12.4. The van der Waals surface area contributed by atoms with Crippen molar-refractivity contribution in [1.82, 2.24) is 9.80 Å². The summed E-state index contributed by atoms with van der Waals surface area (Å²) in [7, 11) is 1.72. The molecular weight excluding hydrogens is 452 g/mol. The minimum atomic E-state index is -0.379. The number of aryl methyl sites for hydroxylation is 1. The Kier molecular flexibility index (Phi) is 8.92. The van der Waals surface area contributed by atoms with Crippen LogP contribution in [0.25, 0.3) is 11.0 Å². The van der Waals surface area contributed by atoms with Crippen LogP contribution in [-0.4, -0.2) is 60.8 Å². The second-order valence-corrected chi connectivity index (χ2v) is 10.4. The Morgan fingerprint density at radius 1 is 1.24 bits per heavy atom.